The highest BCUT2D eigenvalue weighted by atomic mass is 35.5. The van der Waals surface area contributed by atoms with Gasteiger partial charge in [0.25, 0.3) is 11.8 Å². The topological polar surface area (TPSA) is 69.7 Å². The van der Waals surface area contributed by atoms with Gasteiger partial charge in [-0.05, 0) is 48.9 Å². The van der Waals surface area contributed by atoms with E-state index >= 15 is 0 Å². The lowest BCUT2D eigenvalue weighted by atomic mass is 10.0. The monoisotopic (exact) mass is 591 g/mol. The SMILES string of the molecule is CC1CN(C(=O)C(Cc2ccccc2)NC(=O)c2ccc(Cl)c(Cl)c2)CCN1C(=O)c1ccc(Cl)cc1Cl. The number of carbonyl (C=O) groups excluding carboxylic acids is 3. The third-order valence-electron chi connectivity index (χ3n) is 6.43. The molecule has 0 spiro atoms. The number of amides is 3. The third-order valence-corrected chi connectivity index (χ3v) is 7.72. The minimum Gasteiger partial charge on any atom is -0.340 e. The number of halogens is 4. The van der Waals surface area contributed by atoms with Crippen LogP contribution < -0.4 is 5.32 Å². The molecule has 6 nitrogen and oxygen atoms in total. The molecule has 38 heavy (non-hydrogen) atoms. The van der Waals surface area contributed by atoms with Gasteiger partial charge in [-0.15, -0.1) is 0 Å². The second kappa shape index (κ2) is 12.4. The van der Waals surface area contributed by atoms with Gasteiger partial charge in [0.15, 0.2) is 0 Å². The van der Waals surface area contributed by atoms with Crippen molar-refractivity contribution < 1.29 is 14.4 Å². The van der Waals surface area contributed by atoms with Crippen LogP contribution in [0.15, 0.2) is 66.7 Å². The van der Waals surface area contributed by atoms with Crippen LogP contribution in [0.2, 0.25) is 20.1 Å². The van der Waals surface area contributed by atoms with Crippen LogP contribution in [0.5, 0.6) is 0 Å². The number of nitrogens with zero attached hydrogens (tertiary/aromatic N) is 2. The Hall–Kier alpha value is -2.77. The van der Waals surface area contributed by atoms with Crippen molar-refractivity contribution in [2.45, 2.75) is 25.4 Å². The molecule has 3 aromatic carbocycles. The molecular weight excluding hydrogens is 568 g/mol. The predicted molar refractivity (Wildman–Crippen MR) is 151 cm³/mol. The standard InChI is InChI=1S/C28H25Cl4N3O3/c1-17-16-34(11-12-35(17)27(37)21-9-8-20(29)15-23(21)31)28(38)25(13-18-5-3-2-4-6-18)33-26(36)19-7-10-22(30)24(32)14-19/h2-10,14-15,17,25H,11-13,16H2,1H3,(H,33,36). The maximum Gasteiger partial charge on any atom is 0.255 e. The molecule has 198 valence electrons. The molecule has 4 rings (SSSR count). The third kappa shape index (κ3) is 6.62. The van der Waals surface area contributed by atoms with E-state index in [1.54, 1.807) is 28.0 Å². The zero-order chi connectivity index (χ0) is 27.4. The first-order valence-corrected chi connectivity index (χ1v) is 13.5. The van der Waals surface area contributed by atoms with Crippen molar-refractivity contribution in [1.29, 1.82) is 0 Å². The minimum atomic E-state index is -0.820. The number of carbonyl (C=O) groups is 3. The molecular formula is C28H25Cl4N3O3. The largest absolute Gasteiger partial charge is 0.340 e. The first kappa shape index (κ1) is 28.2. The number of piperazine rings is 1. The van der Waals surface area contributed by atoms with Gasteiger partial charge in [-0.2, -0.15) is 0 Å². The van der Waals surface area contributed by atoms with Crippen LogP contribution in [0.3, 0.4) is 0 Å². The van der Waals surface area contributed by atoms with Gasteiger partial charge >= 0.3 is 0 Å². The van der Waals surface area contributed by atoms with Gasteiger partial charge in [0.05, 0.1) is 20.6 Å². The van der Waals surface area contributed by atoms with E-state index in [0.717, 1.165) is 5.56 Å². The fourth-order valence-electron chi connectivity index (χ4n) is 4.43. The summed E-state index contributed by atoms with van der Waals surface area (Å²) in [6.07, 6.45) is 0.306. The molecule has 1 N–H and O–H groups in total. The van der Waals surface area contributed by atoms with Crippen molar-refractivity contribution in [3.05, 3.63) is 104 Å². The lowest BCUT2D eigenvalue weighted by Gasteiger charge is -2.41. The van der Waals surface area contributed by atoms with Gasteiger partial charge in [-0.3, -0.25) is 14.4 Å². The summed E-state index contributed by atoms with van der Waals surface area (Å²) in [7, 11) is 0. The average Bonchev–Trinajstić information content (AvgIpc) is 2.89. The summed E-state index contributed by atoms with van der Waals surface area (Å²) in [5.41, 5.74) is 1.56. The van der Waals surface area contributed by atoms with Crippen molar-refractivity contribution >= 4 is 64.1 Å². The van der Waals surface area contributed by atoms with Gasteiger partial charge in [0.1, 0.15) is 6.04 Å². The molecule has 0 radical (unpaired) electrons. The fourth-order valence-corrected chi connectivity index (χ4v) is 5.21. The van der Waals surface area contributed by atoms with Gasteiger partial charge < -0.3 is 15.1 Å². The van der Waals surface area contributed by atoms with Gasteiger partial charge in [0.2, 0.25) is 5.91 Å². The van der Waals surface area contributed by atoms with Crippen LogP contribution in [0.1, 0.15) is 33.2 Å². The molecule has 0 aromatic heterocycles. The van der Waals surface area contributed by atoms with E-state index < -0.39 is 11.9 Å². The zero-order valence-corrected chi connectivity index (χ0v) is 23.5. The lowest BCUT2D eigenvalue weighted by Crippen LogP contribution is -2.59. The Morgan fingerprint density at radius 1 is 0.895 bits per heavy atom. The van der Waals surface area contributed by atoms with Crippen LogP contribution in [0.25, 0.3) is 0 Å². The molecule has 1 aliphatic heterocycles. The van der Waals surface area contributed by atoms with E-state index in [4.69, 9.17) is 46.4 Å². The van der Waals surface area contributed by atoms with Gasteiger partial charge in [-0.1, -0.05) is 76.7 Å². The quantitative estimate of drug-likeness (QED) is 0.381. The number of nitrogens with one attached hydrogen (secondary N) is 1. The first-order valence-electron chi connectivity index (χ1n) is 12.0. The van der Waals surface area contributed by atoms with Crippen molar-refractivity contribution in [3.8, 4) is 0 Å². The average molecular weight is 593 g/mol. The van der Waals surface area contributed by atoms with Crippen molar-refractivity contribution in [1.82, 2.24) is 15.1 Å². The number of hydrogen-bond donors (Lipinski definition) is 1. The number of hydrogen-bond acceptors (Lipinski definition) is 3. The highest BCUT2D eigenvalue weighted by Crippen LogP contribution is 2.25. The Morgan fingerprint density at radius 2 is 1.63 bits per heavy atom. The first-order chi connectivity index (χ1) is 18.1. The summed E-state index contributed by atoms with van der Waals surface area (Å²) < 4.78 is 0. The summed E-state index contributed by atoms with van der Waals surface area (Å²) in [6, 6.07) is 17.7. The maximum absolute atomic E-state index is 13.7. The molecule has 1 fully saturated rings. The summed E-state index contributed by atoms with van der Waals surface area (Å²) >= 11 is 24.3. The van der Waals surface area contributed by atoms with Crippen molar-refractivity contribution in [2.75, 3.05) is 19.6 Å². The Bertz CT molecular complexity index is 1350. The maximum atomic E-state index is 13.7. The molecule has 2 atom stereocenters. The molecule has 0 saturated carbocycles. The second-order valence-corrected chi connectivity index (χ2v) is 10.8. The summed E-state index contributed by atoms with van der Waals surface area (Å²) in [6.45, 7) is 2.82. The van der Waals surface area contributed by atoms with Gasteiger partial charge in [0, 0.05) is 42.7 Å². The van der Waals surface area contributed by atoms with E-state index in [1.807, 2.05) is 37.3 Å². The second-order valence-electron chi connectivity index (χ2n) is 9.10. The molecule has 1 saturated heterocycles. The Labute approximate surface area is 241 Å². The van der Waals surface area contributed by atoms with Crippen LogP contribution in [0, 0.1) is 0 Å². The van der Waals surface area contributed by atoms with Crippen LogP contribution in [-0.2, 0) is 11.2 Å². The molecule has 10 heteroatoms. The fraction of sp³-hybridized carbons (Fsp3) is 0.250. The number of rotatable bonds is 6. The van der Waals surface area contributed by atoms with E-state index in [-0.39, 0.29) is 27.9 Å². The molecule has 3 amide bonds. The van der Waals surface area contributed by atoms with E-state index in [2.05, 4.69) is 5.32 Å². The molecule has 2 unspecified atom stereocenters. The minimum absolute atomic E-state index is 0.222. The summed E-state index contributed by atoms with van der Waals surface area (Å²) in [5, 5.41) is 4.18. The molecule has 1 heterocycles. The zero-order valence-electron chi connectivity index (χ0n) is 20.5. The lowest BCUT2D eigenvalue weighted by molar-refractivity contribution is -0.135. The number of benzene rings is 3. The van der Waals surface area contributed by atoms with Crippen LogP contribution in [0.4, 0.5) is 0 Å². The van der Waals surface area contributed by atoms with Crippen LogP contribution >= 0.6 is 46.4 Å². The molecule has 1 aliphatic rings. The Kier molecular flexibility index (Phi) is 9.21. The summed E-state index contributed by atoms with van der Waals surface area (Å²) in [4.78, 5) is 43.3. The van der Waals surface area contributed by atoms with Crippen molar-refractivity contribution in [3.63, 3.8) is 0 Å². The van der Waals surface area contributed by atoms with Crippen molar-refractivity contribution in [2.24, 2.45) is 0 Å². The van der Waals surface area contributed by atoms with Crippen LogP contribution in [-0.4, -0.2) is 59.2 Å². The van der Waals surface area contributed by atoms with E-state index in [1.165, 1.54) is 18.2 Å². The predicted octanol–water partition coefficient (Wildman–Crippen LogP) is 6.01. The Balaban J connectivity index is 1.50. The smallest absolute Gasteiger partial charge is 0.255 e. The van der Waals surface area contributed by atoms with E-state index in [9.17, 15) is 14.4 Å². The highest BCUT2D eigenvalue weighted by Gasteiger charge is 2.34. The normalized spacial score (nSPS) is 16.2. The molecule has 3 aromatic rings. The summed E-state index contributed by atoms with van der Waals surface area (Å²) in [5.74, 6) is -0.886. The molecule has 0 aliphatic carbocycles. The molecule has 0 bridgehead atoms. The Morgan fingerprint density at radius 3 is 2.29 bits per heavy atom. The van der Waals surface area contributed by atoms with Gasteiger partial charge in [-0.25, -0.2) is 0 Å². The highest BCUT2D eigenvalue weighted by molar-refractivity contribution is 6.42. The van der Waals surface area contributed by atoms with E-state index in [0.29, 0.717) is 47.2 Å².